The average Bonchev–Trinajstić information content (AvgIpc) is 2.48. The van der Waals surface area contributed by atoms with Crippen molar-refractivity contribution in [2.75, 3.05) is 19.5 Å². The predicted molar refractivity (Wildman–Crippen MR) is 79.4 cm³/mol. The van der Waals surface area contributed by atoms with Crippen LogP contribution in [0.3, 0.4) is 0 Å². The van der Waals surface area contributed by atoms with Crippen molar-refractivity contribution in [2.45, 2.75) is 18.1 Å². The quantitative estimate of drug-likeness (QED) is 0.303. The summed E-state index contributed by atoms with van der Waals surface area (Å²) in [6, 6.07) is 1.64. The molecule has 0 fully saturated rings. The first-order valence-corrected chi connectivity index (χ1v) is 6.94. The first kappa shape index (κ1) is 21.8. The fraction of sp³-hybridized carbons (Fsp3) is 0.385. The molecule has 0 saturated heterocycles. The first-order chi connectivity index (χ1) is 11.7. The summed E-state index contributed by atoms with van der Waals surface area (Å²) in [6.45, 7) is 0. The molecule has 6 nitrogen and oxygen atoms in total. The number of alkyl halides is 6. The van der Waals surface area contributed by atoms with Gasteiger partial charge in [-0.3, -0.25) is 0 Å². The van der Waals surface area contributed by atoms with E-state index in [-0.39, 0.29) is 0 Å². The molecule has 1 aromatic heterocycles. The van der Waals surface area contributed by atoms with Gasteiger partial charge in [0.25, 0.3) is 5.72 Å². The standard InChI is InChI=1S/C13H12ClF6N5O/c1-25(2)6-8(4-21)11(26,13(18,19)20)24-23-10-9(14)3-7(5-22-10)12(15,16)17/h3,5-6,24,26H,1-2H3,(H,22,23)/b8-6+. The van der Waals surface area contributed by atoms with Gasteiger partial charge >= 0.3 is 12.4 Å². The number of anilines is 1. The van der Waals surface area contributed by atoms with E-state index in [1.165, 1.54) is 25.6 Å². The number of nitrogens with zero attached hydrogens (tertiary/aromatic N) is 3. The van der Waals surface area contributed by atoms with Gasteiger partial charge in [0.1, 0.15) is 11.6 Å². The molecular weight excluding hydrogens is 392 g/mol. The SMILES string of the molecule is CN(C)/C=C(\C#N)C(O)(NNc1ncc(C(F)(F)F)cc1Cl)C(F)(F)F. The highest BCUT2D eigenvalue weighted by Gasteiger charge is 2.57. The lowest BCUT2D eigenvalue weighted by molar-refractivity contribution is -0.252. The van der Waals surface area contributed by atoms with E-state index in [4.69, 9.17) is 16.9 Å². The minimum absolute atomic E-state index is 0.337. The van der Waals surface area contributed by atoms with Gasteiger partial charge in [0, 0.05) is 26.5 Å². The highest BCUT2D eigenvalue weighted by molar-refractivity contribution is 6.32. The number of aromatic nitrogens is 1. The van der Waals surface area contributed by atoms with Crippen LogP contribution in [0.2, 0.25) is 5.02 Å². The highest BCUT2D eigenvalue weighted by Crippen LogP contribution is 2.35. The molecule has 144 valence electrons. The maximum atomic E-state index is 13.3. The third kappa shape index (κ3) is 4.90. The number of rotatable bonds is 5. The molecule has 1 aromatic rings. The second-order valence-corrected chi connectivity index (χ2v) is 5.54. The van der Waals surface area contributed by atoms with Gasteiger partial charge in [-0.25, -0.2) is 4.98 Å². The van der Waals surface area contributed by atoms with Crippen molar-refractivity contribution < 1.29 is 31.4 Å². The maximum absolute atomic E-state index is 13.3. The Kier molecular flexibility index (Phi) is 6.35. The van der Waals surface area contributed by atoms with E-state index in [1.807, 2.05) is 0 Å². The largest absolute Gasteiger partial charge is 0.438 e. The van der Waals surface area contributed by atoms with Crippen LogP contribution < -0.4 is 10.9 Å². The summed E-state index contributed by atoms with van der Waals surface area (Å²) in [5.74, 6) is -0.621. The van der Waals surface area contributed by atoms with Gasteiger partial charge in [0.15, 0.2) is 5.82 Å². The Morgan fingerprint density at radius 3 is 2.27 bits per heavy atom. The molecule has 0 aliphatic rings. The van der Waals surface area contributed by atoms with Crippen molar-refractivity contribution in [3.63, 3.8) is 0 Å². The van der Waals surface area contributed by atoms with E-state index in [2.05, 4.69) is 4.98 Å². The lowest BCUT2D eigenvalue weighted by atomic mass is 10.1. The molecule has 0 amide bonds. The Hall–Kier alpha value is -2.23. The number of aliphatic hydroxyl groups is 1. The fourth-order valence-corrected chi connectivity index (χ4v) is 1.80. The van der Waals surface area contributed by atoms with Crippen LogP contribution in [-0.4, -0.2) is 41.0 Å². The Labute approximate surface area is 148 Å². The van der Waals surface area contributed by atoms with Crippen LogP contribution in [0.15, 0.2) is 24.0 Å². The molecule has 0 bridgehead atoms. The van der Waals surface area contributed by atoms with E-state index in [9.17, 15) is 31.4 Å². The summed E-state index contributed by atoms with van der Waals surface area (Å²) in [7, 11) is 2.63. The molecule has 1 atom stereocenters. The Morgan fingerprint density at radius 1 is 1.31 bits per heavy atom. The van der Waals surface area contributed by atoms with Crippen LogP contribution in [0.1, 0.15) is 5.56 Å². The number of halogens is 7. The van der Waals surface area contributed by atoms with E-state index in [1.54, 1.807) is 5.43 Å². The molecule has 1 heterocycles. The van der Waals surface area contributed by atoms with Crippen molar-refractivity contribution >= 4 is 17.4 Å². The van der Waals surface area contributed by atoms with Crippen LogP contribution in [0, 0.1) is 11.3 Å². The lowest BCUT2D eigenvalue weighted by Gasteiger charge is -2.31. The van der Waals surface area contributed by atoms with E-state index < -0.39 is 40.1 Å². The van der Waals surface area contributed by atoms with Gasteiger partial charge in [-0.15, -0.1) is 0 Å². The molecule has 13 heteroatoms. The van der Waals surface area contributed by atoms with Crippen LogP contribution in [0.25, 0.3) is 0 Å². The minimum Gasteiger partial charge on any atom is -0.383 e. The number of nitriles is 1. The Morgan fingerprint density at radius 2 is 1.88 bits per heavy atom. The number of pyridine rings is 1. The summed E-state index contributed by atoms with van der Waals surface area (Å²) in [5.41, 5.74) is -2.98. The normalized spacial score (nSPS) is 15.2. The molecule has 0 spiro atoms. The molecule has 3 N–H and O–H groups in total. The zero-order valence-corrected chi connectivity index (χ0v) is 13.9. The smallest absolute Gasteiger partial charge is 0.383 e. The molecule has 0 aromatic carbocycles. The van der Waals surface area contributed by atoms with Gasteiger partial charge in [-0.1, -0.05) is 11.6 Å². The monoisotopic (exact) mass is 403 g/mol. The zero-order valence-electron chi connectivity index (χ0n) is 13.2. The Bertz CT molecular complexity index is 727. The van der Waals surface area contributed by atoms with Crippen molar-refractivity contribution in [2.24, 2.45) is 0 Å². The third-order valence-corrected chi connectivity index (χ3v) is 3.13. The molecule has 0 aliphatic carbocycles. The molecule has 1 unspecified atom stereocenters. The molecule has 0 aliphatic heterocycles. The van der Waals surface area contributed by atoms with Crippen molar-refractivity contribution in [3.05, 3.63) is 34.6 Å². The zero-order chi connectivity index (χ0) is 20.3. The van der Waals surface area contributed by atoms with Crippen LogP contribution in [-0.2, 0) is 6.18 Å². The highest BCUT2D eigenvalue weighted by atomic mass is 35.5. The summed E-state index contributed by atoms with van der Waals surface area (Å²) in [5, 5.41) is 18.2. The summed E-state index contributed by atoms with van der Waals surface area (Å²) in [6.07, 6.45) is -9.07. The van der Waals surface area contributed by atoms with Crippen LogP contribution >= 0.6 is 11.6 Å². The summed E-state index contributed by atoms with van der Waals surface area (Å²) < 4.78 is 77.3. The lowest BCUT2D eigenvalue weighted by Crippen LogP contribution is -2.60. The minimum atomic E-state index is -5.37. The molecule has 1 rings (SSSR count). The van der Waals surface area contributed by atoms with Gasteiger partial charge in [0.05, 0.1) is 10.6 Å². The fourth-order valence-electron chi connectivity index (χ4n) is 1.59. The third-order valence-electron chi connectivity index (χ3n) is 2.84. The molecule has 0 radical (unpaired) electrons. The van der Waals surface area contributed by atoms with E-state index in [0.29, 0.717) is 18.5 Å². The predicted octanol–water partition coefficient (Wildman–Crippen LogP) is 2.89. The second kappa shape index (κ2) is 7.56. The van der Waals surface area contributed by atoms with Crippen molar-refractivity contribution in [1.29, 1.82) is 5.26 Å². The van der Waals surface area contributed by atoms with Gasteiger partial charge in [-0.05, 0) is 6.07 Å². The second-order valence-electron chi connectivity index (χ2n) is 5.13. The number of hydrogen-bond donors (Lipinski definition) is 3. The topological polar surface area (TPSA) is 84.2 Å². The summed E-state index contributed by atoms with van der Waals surface area (Å²) >= 11 is 5.56. The number of hydrazine groups is 1. The molecule has 26 heavy (non-hydrogen) atoms. The van der Waals surface area contributed by atoms with E-state index in [0.717, 1.165) is 4.90 Å². The number of nitrogens with one attached hydrogen (secondary N) is 2. The summed E-state index contributed by atoms with van der Waals surface area (Å²) in [4.78, 5) is 4.34. The van der Waals surface area contributed by atoms with Crippen molar-refractivity contribution in [1.82, 2.24) is 15.3 Å². The average molecular weight is 404 g/mol. The van der Waals surface area contributed by atoms with Gasteiger partial charge < -0.3 is 15.4 Å². The van der Waals surface area contributed by atoms with Gasteiger partial charge in [0.2, 0.25) is 0 Å². The van der Waals surface area contributed by atoms with Crippen molar-refractivity contribution in [3.8, 4) is 6.07 Å². The van der Waals surface area contributed by atoms with E-state index >= 15 is 0 Å². The first-order valence-electron chi connectivity index (χ1n) is 6.56. The molecular formula is C13H12ClF6N5O. The van der Waals surface area contributed by atoms with Crippen LogP contribution in [0.4, 0.5) is 32.2 Å². The maximum Gasteiger partial charge on any atom is 0.438 e. The number of hydrogen-bond acceptors (Lipinski definition) is 6. The Balaban J connectivity index is 3.19. The van der Waals surface area contributed by atoms with Gasteiger partial charge in [-0.2, -0.15) is 37.0 Å². The van der Waals surface area contributed by atoms with Crippen LogP contribution in [0.5, 0.6) is 0 Å². The molecule has 0 saturated carbocycles.